The molecule has 11 heteroatoms. The lowest BCUT2D eigenvalue weighted by atomic mass is 10.0. The Hall–Kier alpha value is -4.12. The van der Waals surface area contributed by atoms with Gasteiger partial charge in [0, 0.05) is 5.56 Å². The van der Waals surface area contributed by atoms with Gasteiger partial charge in [0.1, 0.15) is 22.3 Å². The van der Waals surface area contributed by atoms with Crippen LogP contribution in [0.4, 0.5) is 13.2 Å². The predicted octanol–water partition coefficient (Wildman–Crippen LogP) is 2.91. The van der Waals surface area contributed by atoms with Gasteiger partial charge in [0.15, 0.2) is 0 Å². The van der Waals surface area contributed by atoms with Crippen LogP contribution in [0.1, 0.15) is 22.8 Å². The van der Waals surface area contributed by atoms with Crippen LogP contribution in [0.3, 0.4) is 0 Å². The largest absolute Gasteiger partial charge is 0.573 e. The zero-order valence-electron chi connectivity index (χ0n) is 15.4. The van der Waals surface area contributed by atoms with E-state index in [1.54, 1.807) is 18.2 Å². The lowest BCUT2D eigenvalue weighted by Gasteiger charge is -2.22. The molecule has 1 atom stereocenters. The zero-order valence-corrected chi connectivity index (χ0v) is 15.4. The molecule has 0 aliphatic carbocycles. The maximum Gasteiger partial charge on any atom is 0.573 e. The van der Waals surface area contributed by atoms with Crippen molar-refractivity contribution in [2.45, 2.75) is 25.4 Å². The number of carbonyl (C=O) groups excluding carboxylic acids is 1. The molecular formula is C19H13F3N6O2. The number of alkyl halides is 3. The molecule has 1 amide bonds. The Morgan fingerprint density at radius 1 is 1.13 bits per heavy atom. The van der Waals surface area contributed by atoms with Crippen molar-refractivity contribution in [2.75, 3.05) is 0 Å². The summed E-state index contributed by atoms with van der Waals surface area (Å²) in [5, 5.41) is 29.5. The SMILES string of the molecule is CC(C#N)(Cn1nc2ccc(C#N)cc2n1)NC(=O)c1ccc(OC(F)(F)F)cc1. The zero-order chi connectivity index (χ0) is 21.9. The van der Waals surface area contributed by atoms with Crippen molar-refractivity contribution in [2.24, 2.45) is 0 Å². The Bertz CT molecular complexity index is 1170. The number of fused-ring (bicyclic) bond motifs is 1. The first-order valence-electron chi connectivity index (χ1n) is 8.45. The predicted molar refractivity (Wildman–Crippen MR) is 96.9 cm³/mol. The summed E-state index contributed by atoms with van der Waals surface area (Å²) in [5.41, 5.74) is 0.0135. The molecule has 1 N–H and O–H groups in total. The second-order valence-electron chi connectivity index (χ2n) is 6.52. The van der Waals surface area contributed by atoms with Crippen LogP contribution in [-0.2, 0) is 6.54 Å². The van der Waals surface area contributed by atoms with Crippen molar-refractivity contribution in [3.63, 3.8) is 0 Å². The number of amides is 1. The smallest absolute Gasteiger partial charge is 0.406 e. The fourth-order valence-electron chi connectivity index (χ4n) is 2.62. The van der Waals surface area contributed by atoms with E-state index in [1.165, 1.54) is 11.7 Å². The average Bonchev–Trinajstić information content (AvgIpc) is 3.07. The van der Waals surface area contributed by atoms with Crippen molar-refractivity contribution in [3.05, 3.63) is 53.6 Å². The first-order valence-corrected chi connectivity index (χ1v) is 8.45. The maximum atomic E-state index is 12.5. The lowest BCUT2D eigenvalue weighted by molar-refractivity contribution is -0.274. The average molecular weight is 414 g/mol. The molecule has 0 aliphatic rings. The molecule has 8 nitrogen and oxygen atoms in total. The molecule has 152 valence electrons. The van der Waals surface area contributed by atoms with Gasteiger partial charge in [0.25, 0.3) is 5.91 Å². The minimum Gasteiger partial charge on any atom is -0.406 e. The number of carbonyl (C=O) groups is 1. The van der Waals surface area contributed by atoms with E-state index in [0.717, 1.165) is 24.3 Å². The Kier molecular flexibility index (Phi) is 5.30. The minimum atomic E-state index is -4.84. The lowest BCUT2D eigenvalue weighted by Crippen LogP contribution is -2.48. The van der Waals surface area contributed by atoms with Crippen LogP contribution in [0.2, 0.25) is 0 Å². The van der Waals surface area contributed by atoms with Gasteiger partial charge < -0.3 is 10.1 Å². The van der Waals surface area contributed by atoms with Gasteiger partial charge in [-0.3, -0.25) is 4.79 Å². The molecule has 1 aromatic heterocycles. The van der Waals surface area contributed by atoms with Gasteiger partial charge in [-0.1, -0.05) is 0 Å². The topological polar surface area (TPSA) is 117 Å². The van der Waals surface area contributed by atoms with E-state index < -0.39 is 23.6 Å². The monoisotopic (exact) mass is 414 g/mol. The number of aromatic nitrogens is 3. The summed E-state index contributed by atoms with van der Waals surface area (Å²) in [6.45, 7) is 1.36. The summed E-state index contributed by atoms with van der Waals surface area (Å²) in [7, 11) is 0. The second-order valence-corrected chi connectivity index (χ2v) is 6.52. The number of ether oxygens (including phenoxy) is 1. The third-order valence-electron chi connectivity index (χ3n) is 3.99. The van der Waals surface area contributed by atoms with Gasteiger partial charge in [0.05, 0.1) is 24.2 Å². The summed E-state index contributed by atoms with van der Waals surface area (Å²) >= 11 is 0. The molecule has 0 aliphatic heterocycles. The third kappa shape index (κ3) is 4.83. The first-order chi connectivity index (χ1) is 14.1. The van der Waals surface area contributed by atoms with Crippen molar-refractivity contribution in [3.8, 4) is 17.9 Å². The van der Waals surface area contributed by atoms with Crippen molar-refractivity contribution in [1.29, 1.82) is 10.5 Å². The number of nitrogens with zero attached hydrogens (tertiary/aromatic N) is 5. The van der Waals surface area contributed by atoms with Crippen LogP contribution in [0, 0.1) is 22.7 Å². The van der Waals surface area contributed by atoms with Gasteiger partial charge in [0.2, 0.25) is 0 Å². The molecule has 2 aromatic carbocycles. The third-order valence-corrected chi connectivity index (χ3v) is 3.99. The van der Waals surface area contributed by atoms with E-state index in [4.69, 9.17) is 5.26 Å². The summed E-state index contributed by atoms with van der Waals surface area (Å²) in [6.07, 6.45) is -4.84. The molecule has 0 radical (unpaired) electrons. The van der Waals surface area contributed by atoms with E-state index >= 15 is 0 Å². The minimum absolute atomic E-state index is 0.0447. The van der Waals surface area contributed by atoms with Gasteiger partial charge in [-0.2, -0.15) is 25.5 Å². The van der Waals surface area contributed by atoms with Crippen molar-refractivity contribution < 1.29 is 22.7 Å². The van der Waals surface area contributed by atoms with E-state index in [-0.39, 0.29) is 12.1 Å². The molecule has 3 rings (SSSR count). The van der Waals surface area contributed by atoms with E-state index in [2.05, 4.69) is 20.3 Å². The van der Waals surface area contributed by atoms with Crippen LogP contribution in [0.15, 0.2) is 42.5 Å². The quantitative estimate of drug-likeness (QED) is 0.686. The molecule has 0 bridgehead atoms. The normalized spacial score (nSPS) is 13.1. The standard InChI is InChI=1S/C19H13F3N6O2/c1-18(10-24,11-28-26-15-7-2-12(9-23)8-16(15)27-28)25-17(29)13-3-5-14(6-4-13)30-19(20,21)22/h2-8H,11H2,1H3,(H,25,29). The number of halogens is 3. The van der Waals surface area contributed by atoms with Gasteiger partial charge in [-0.15, -0.1) is 13.2 Å². The highest BCUT2D eigenvalue weighted by molar-refractivity contribution is 5.95. The summed E-state index contributed by atoms with van der Waals surface area (Å²) in [6, 6.07) is 13.0. The number of rotatable bonds is 5. The highest BCUT2D eigenvalue weighted by Gasteiger charge is 2.31. The van der Waals surface area contributed by atoms with Crippen LogP contribution in [0.25, 0.3) is 11.0 Å². The number of nitrogens with one attached hydrogen (secondary N) is 1. The fourth-order valence-corrected chi connectivity index (χ4v) is 2.62. The summed E-state index contributed by atoms with van der Waals surface area (Å²) in [4.78, 5) is 13.7. The number of benzene rings is 2. The Balaban J connectivity index is 1.74. The molecule has 0 spiro atoms. The highest BCUT2D eigenvalue weighted by atomic mass is 19.4. The molecule has 1 unspecified atom stereocenters. The van der Waals surface area contributed by atoms with E-state index in [1.807, 2.05) is 12.1 Å². The van der Waals surface area contributed by atoms with Crippen LogP contribution in [0.5, 0.6) is 5.75 Å². The number of nitriles is 2. The Morgan fingerprint density at radius 2 is 1.80 bits per heavy atom. The van der Waals surface area contributed by atoms with Crippen LogP contribution >= 0.6 is 0 Å². The number of hydrogen-bond donors (Lipinski definition) is 1. The van der Waals surface area contributed by atoms with E-state index in [9.17, 15) is 23.2 Å². The maximum absolute atomic E-state index is 12.5. The molecule has 0 saturated heterocycles. The summed E-state index contributed by atoms with van der Waals surface area (Å²) in [5.74, 6) is -1.13. The van der Waals surface area contributed by atoms with Crippen molar-refractivity contribution >= 4 is 16.9 Å². The summed E-state index contributed by atoms with van der Waals surface area (Å²) < 4.78 is 40.4. The molecule has 3 aromatic rings. The Morgan fingerprint density at radius 3 is 2.40 bits per heavy atom. The Labute approximate surface area is 168 Å². The molecule has 30 heavy (non-hydrogen) atoms. The number of hydrogen-bond acceptors (Lipinski definition) is 6. The van der Waals surface area contributed by atoms with Crippen LogP contribution < -0.4 is 10.1 Å². The van der Waals surface area contributed by atoms with Gasteiger partial charge in [-0.25, -0.2) is 0 Å². The molecular weight excluding hydrogens is 401 g/mol. The van der Waals surface area contributed by atoms with Crippen LogP contribution in [-0.4, -0.2) is 32.8 Å². The van der Waals surface area contributed by atoms with Crippen molar-refractivity contribution in [1.82, 2.24) is 20.3 Å². The highest BCUT2D eigenvalue weighted by Crippen LogP contribution is 2.23. The van der Waals surface area contributed by atoms with Gasteiger partial charge >= 0.3 is 6.36 Å². The molecule has 0 saturated carbocycles. The molecule has 0 fully saturated rings. The molecule has 1 heterocycles. The van der Waals surface area contributed by atoms with Gasteiger partial charge in [-0.05, 0) is 49.4 Å². The fraction of sp³-hybridized carbons (Fsp3) is 0.211. The first kappa shape index (κ1) is 20.6. The second kappa shape index (κ2) is 7.72. The van der Waals surface area contributed by atoms with E-state index in [0.29, 0.717) is 16.6 Å².